The van der Waals surface area contributed by atoms with Crippen LogP contribution in [0.5, 0.6) is 11.5 Å². The predicted molar refractivity (Wildman–Crippen MR) is 161 cm³/mol. The van der Waals surface area contributed by atoms with Gasteiger partial charge in [0.1, 0.15) is 30.0 Å². The van der Waals surface area contributed by atoms with Crippen LogP contribution in [0.15, 0.2) is 48.9 Å². The molecule has 0 saturated carbocycles. The van der Waals surface area contributed by atoms with Gasteiger partial charge < -0.3 is 29.6 Å². The van der Waals surface area contributed by atoms with E-state index >= 15 is 0 Å². The summed E-state index contributed by atoms with van der Waals surface area (Å²) in [7, 11) is 3.94. The van der Waals surface area contributed by atoms with Crippen molar-refractivity contribution in [3.05, 3.63) is 65.3 Å². The topological polar surface area (TPSA) is 117 Å². The number of carbonyl (C=O) groups excluding carboxylic acids is 1. The maximum Gasteiger partial charge on any atom is 0.224 e. The Kier molecular flexibility index (Phi) is 10.0. The minimum absolute atomic E-state index is 0.116. The molecule has 2 aromatic carbocycles. The smallest absolute Gasteiger partial charge is 0.224 e. The first kappa shape index (κ1) is 29.6. The number of imidazole rings is 1. The van der Waals surface area contributed by atoms with Crippen molar-refractivity contribution in [2.24, 2.45) is 0 Å². The number of amides is 1. The van der Waals surface area contributed by atoms with E-state index < -0.39 is 0 Å². The van der Waals surface area contributed by atoms with Crippen LogP contribution in [-0.4, -0.2) is 52.6 Å². The zero-order chi connectivity index (χ0) is 29.4. The van der Waals surface area contributed by atoms with Gasteiger partial charge in [0.15, 0.2) is 0 Å². The lowest BCUT2D eigenvalue weighted by Crippen LogP contribution is -2.17. The second-order valence-corrected chi connectivity index (χ2v) is 10.0. The average molecular weight is 576 g/mol. The quantitative estimate of drug-likeness (QED) is 0.200. The van der Waals surface area contributed by atoms with Crippen molar-refractivity contribution in [1.29, 1.82) is 5.26 Å². The highest BCUT2D eigenvalue weighted by Gasteiger charge is 2.16. The van der Waals surface area contributed by atoms with Crippen molar-refractivity contribution in [2.45, 2.75) is 39.8 Å². The summed E-state index contributed by atoms with van der Waals surface area (Å²) in [6.07, 6.45) is 6.25. The van der Waals surface area contributed by atoms with Gasteiger partial charge in [0, 0.05) is 48.7 Å². The predicted octanol–water partition coefficient (Wildman–Crippen LogP) is 5.98. The second-order valence-electron chi connectivity index (χ2n) is 9.60. The third-order valence-electron chi connectivity index (χ3n) is 6.37. The molecule has 0 radical (unpaired) electrons. The summed E-state index contributed by atoms with van der Waals surface area (Å²) in [4.78, 5) is 23.5. The lowest BCUT2D eigenvalue weighted by atomic mass is 10.1. The zero-order valence-corrected chi connectivity index (χ0v) is 24.5. The number of nitrogens with one attached hydrogen (secondary N) is 2. The van der Waals surface area contributed by atoms with Gasteiger partial charge in [-0.1, -0.05) is 11.6 Å². The van der Waals surface area contributed by atoms with Gasteiger partial charge in [-0.25, -0.2) is 4.98 Å². The van der Waals surface area contributed by atoms with Crippen LogP contribution in [-0.2, 0) is 17.9 Å². The van der Waals surface area contributed by atoms with Gasteiger partial charge in [0.2, 0.25) is 5.91 Å². The van der Waals surface area contributed by atoms with Crippen molar-refractivity contribution >= 4 is 45.5 Å². The van der Waals surface area contributed by atoms with E-state index in [1.807, 2.05) is 49.7 Å². The number of pyridine rings is 1. The molecule has 41 heavy (non-hydrogen) atoms. The first-order valence-corrected chi connectivity index (χ1v) is 13.8. The van der Waals surface area contributed by atoms with E-state index in [4.69, 9.17) is 21.1 Å². The van der Waals surface area contributed by atoms with Crippen molar-refractivity contribution in [3.63, 3.8) is 0 Å². The summed E-state index contributed by atoms with van der Waals surface area (Å²) in [5.74, 6) is 1.72. The molecule has 0 aliphatic heterocycles. The average Bonchev–Trinajstić information content (AvgIpc) is 3.41. The molecule has 0 aliphatic rings. The number of aromatic nitrogens is 3. The number of hydrogen-bond acceptors (Lipinski definition) is 8. The molecule has 0 bridgehead atoms. The number of aryl methyl sites for hydroxylation is 1. The Morgan fingerprint density at radius 2 is 1.98 bits per heavy atom. The summed E-state index contributed by atoms with van der Waals surface area (Å²) in [6.45, 7) is 6.22. The first-order chi connectivity index (χ1) is 19.8. The molecular weight excluding hydrogens is 542 g/mol. The molecular formula is C30H34ClN7O3. The van der Waals surface area contributed by atoms with E-state index in [9.17, 15) is 10.1 Å². The number of benzene rings is 2. The lowest BCUT2D eigenvalue weighted by molar-refractivity contribution is -0.116. The molecule has 0 saturated heterocycles. The van der Waals surface area contributed by atoms with Gasteiger partial charge >= 0.3 is 0 Å². The van der Waals surface area contributed by atoms with Crippen molar-refractivity contribution < 1.29 is 14.3 Å². The molecule has 1 amide bonds. The number of ether oxygens (including phenoxy) is 2. The molecule has 4 aromatic rings. The van der Waals surface area contributed by atoms with Crippen LogP contribution in [0.4, 0.5) is 17.1 Å². The lowest BCUT2D eigenvalue weighted by Gasteiger charge is -2.17. The summed E-state index contributed by atoms with van der Waals surface area (Å²) in [5, 5.41) is 17.2. The molecule has 0 aliphatic carbocycles. The van der Waals surface area contributed by atoms with Gasteiger partial charge in [0.05, 0.1) is 34.1 Å². The van der Waals surface area contributed by atoms with E-state index in [0.717, 1.165) is 25.3 Å². The first-order valence-electron chi connectivity index (χ1n) is 13.5. The minimum Gasteiger partial charge on any atom is -0.492 e. The number of nitrogens with zero attached hydrogens (tertiary/aromatic N) is 5. The monoisotopic (exact) mass is 575 g/mol. The van der Waals surface area contributed by atoms with E-state index in [0.29, 0.717) is 63.1 Å². The molecule has 0 unspecified atom stereocenters. The van der Waals surface area contributed by atoms with Crippen molar-refractivity contribution in [1.82, 2.24) is 19.4 Å². The molecule has 2 aromatic heterocycles. The van der Waals surface area contributed by atoms with E-state index in [2.05, 4.69) is 26.7 Å². The summed E-state index contributed by atoms with van der Waals surface area (Å²) < 4.78 is 13.7. The Morgan fingerprint density at radius 1 is 1.15 bits per heavy atom. The van der Waals surface area contributed by atoms with Gasteiger partial charge in [-0.2, -0.15) is 5.26 Å². The summed E-state index contributed by atoms with van der Waals surface area (Å²) in [5.41, 5.74) is 2.66. The number of halogens is 1. The van der Waals surface area contributed by atoms with Crippen molar-refractivity contribution in [2.75, 3.05) is 37.9 Å². The van der Waals surface area contributed by atoms with Crippen LogP contribution in [0.1, 0.15) is 38.1 Å². The largest absolute Gasteiger partial charge is 0.492 e. The fourth-order valence-corrected chi connectivity index (χ4v) is 4.57. The highest BCUT2D eigenvalue weighted by atomic mass is 35.5. The Morgan fingerprint density at radius 3 is 2.68 bits per heavy atom. The number of rotatable bonds is 13. The number of nitriles is 1. The SMILES string of the molecule is CCOc1cc2ncc(C#N)c(Nc3ccc(OCc4nccn4CC)c(Cl)c3)c2cc1NC(=O)CCCN(C)C. The maximum absolute atomic E-state index is 12.7. The Labute approximate surface area is 244 Å². The van der Waals surface area contributed by atoms with Crippen LogP contribution >= 0.6 is 11.6 Å². The third-order valence-corrected chi connectivity index (χ3v) is 6.67. The second kappa shape index (κ2) is 13.8. The molecule has 2 heterocycles. The zero-order valence-electron chi connectivity index (χ0n) is 23.7. The van der Waals surface area contributed by atoms with Crippen LogP contribution < -0.4 is 20.1 Å². The Hall–Kier alpha value is -4.33. The number of fused-ring (bicyclic) bond motifs is 1. The summed E-state index contributed by atoms with van der Waals surface area (Å²) in [6, 6.07) is 11.1. The molecule has 0 spiro atoms. The van der Waals surface area contributed by atoms with Crippen LogP contribution in [0.2, 0.25) is 5.02 Å². The highest BCUT2D eigenvalue weighted by molar-refractivity contribution is 6.32. The van der Waals surface area contributed by atoms with Gasteiger partial charge in [-0.15, -0.1) is 0 Å². The standard InChI is InChI=1S/C30H34ClN7O3/c1-5-38-13-11-33-28(38)19-41-26-10-9-21(14-23(26)31)35-30-20(17-32)18-34-24-16-27(40-6-2)25(15-22(24)30)36-29(39)8-7-12-37(3)4/h9-11,13-16,18H,5-8,12,19H2,1-4H3,(H,34,35)(H,36,39). The Balaban J connectivity index is 1.61. The molecule has 2 N–H and O–H groups in total. The fourth-order valence-electron chi connectivity index (χ4n) is 4.33. The van der Waals surface area contributed by atoms with Gasteiger partial charge in [0.25, 0.3) is 0 Å². The van der Waals surface area contributed by atoms with Crippen molar-refractivity contribution in [3.8, 4) is 17.6 Å². The maximum atomic E-state index is 12.7. The van der Waals surface area contributed by atoms with E-state index in [1.54, 1.807) is 30.5 Å². The van der Waals surface area contributed by atoms with E-state index in [-0.39, 0.29) is 12.5 Å². The van der Waals surface area contributed by atoms with Crippen LogP contribution in [0.3, 0.4) is 0 Å². The molecule has 0 fully saturated rings. The number of carbonyl (C=O) groups is 1. The molecule has 10 nitrogen and oxygen atoms in total. The van der Waals surface area contributed by atoms with Gasteiger partial charge in [-0.05, 0) is 65.2 Å². The van der Waals surface area contributed by atoms with E-state index in [1.165, 1.54) is 6.20 Å². The summed E-state index contributed by atoms with van der Waals surface area (Å²) >= 11 is 6.56. The Bertz CT molecular complexity index is 1560. The molecule has 0 atom stereocenters. The highest BCUT2D eigenvalue weighted by Crippen LogP contribution is 2.37. The molecule has 11 heteroatoms. The normalized spacial score (nSPS) is 11.0. The molecule has 4 rings (SSSR count). The molecule has 214 valence electrons. The van der Waals surface area contributed by atoms with Crippen LogP contribution in [0.25, 0.3) is 10.9 Å². The van der Waals surface area contributed by atoms with Crippen LogP contribution in [0, 0.1) is 11.3 Å². The number of anilines is 3. The third kappa shape index (κ3) is 7.45. The fraction of sp³-hybridized carbons (Fsp3) is 0.333. The minimum atomic E-state index is -0.116. The van der Waals surface area contributed by atoms with Gasteiger partial charge in [-0.3, -0.25) is 9.78 Å². The number of hydrogen-bond donors (Lipinski definition) is 2.